The molecular formula is C23H27FN6O3S. The van der Waals surface area contributed by atoms with E-state index < -0.39 is 11.4 Å². The number of fused-ring (bicyclic) bond motifs is 1. The van der Waals surface area contributed by atoms with Gasteiger partial charge in [0, 0.05) is 37.6 Å². The molecule has 4 heterocycles. The number of nitrogens with zero attached hydrogens (tertiary/aromatic N) is 5. The number of nitrogens with one attached hydrogen (secondary N) is 1. The molecule has 11 heteroatoms. The van der Waals surface area contributed by atoms with E-state index in [9.17, 15) is 18.8 Å². The molecule has 1 amide bonds. The van der Waals surface area contributed by atoms with Crippen LogP contribution in [0.4, 0.5) is 4.39 Å². The number of hydrogen-bond acceptors (Lipinski definition) is 6. The molecule has 0 radical (unpaired) electrons. The van der Waals surface area contributed by atoms with E-state index in [2.05, 4.69) is 15.3 Å². The van der Waals surface area contributed by atoms with Gasteiger partial charge in [0.2, 0.25) is 0 Å². The number of aromatic nitrogens is 5. The van der Waals surface area contributed by atoms with Gasteiger partial charge in [0.1, 0.15) is 11.5 Å². The fraction of sp³-hybridized carbons (Fsp3) is 0.522. The lowest BCUT2D eigenvalue weighted by Crippen LogP contribution is -2.46. The topological polar surface area (TPSA) is 104 Å². The summed E-state index contributed by atoms with van der Waals surface area (Å²) in [6, 6.07) is 0.758. The van der Waals surface area contributed by atoms with E-state index in [4.69, 9.17) is 0 Å². The van der Waals surface area contributed by atoms with Crippen molar-refractivity contribution in [2.24, 2.45) is 7.05 Å². The molecule has 180 valence electrons. The van der Waals surface area contributed by atoms with Crippen LogP contribution in [0.3, 0.4) is 0 Å². The second-order valence-corrected chi connectivity index (χ2v) is 10.3. The summed E-state index contributed by atoms with van der Waals surface area (Å²) in [7, 11) is 1.76. The van der Waals surface area contributed by atoms with Crippen LogP contribution in [0.5, 0.6) is 0 Å². The van der Waals surface area contributed by atoms with E-state index in [1.54, 1.807) is 28.6 Å². The molecule has 3 aromatic rings. The monoisotopic (exact) mass is 486 g/mol. The minimum Gasteiger partial charge on any atom is -0.347 e. The summed E-state index contributed by atoms with van der Waals surface area (Å²) in [6.07, 6.45) is 8.36. The van der Waals surface area contributed by atoms with Crippen molar-refractivity contribution in [3.05, 3.63) is 57.1 Å². The molecular weight excluding hydrogens is 459 g/mol. The minimum atomic E-state index is -0.596. The Hall–Kier alpha value is -2.95. The number of aryl methyl sites for hydroxylation is 1. The molecule has 0 atom stereocenters. The SMILES string of the molecule is Cn1ccnc1C(=O)NC1CCC(n2c(=O)c3cc(F)cnc3n(C3CCSCC3)c2=O)CC1. The third-order valence-electron chi connectivity index (χ3n) is 6.90. The number of pyridine rings is 1. The first-order chi connectivity index (χ1) is 16.4. The number of thioether (sulfide) groups is 1. The fourth-order valence-corrected chi connectivity index (χ4v) is 6.19. The summed E-state index contributed by atoms with van der Waals surface area (Å²) in [4.78, 5) is 47.7. The Labute approximate surface area is 199 Å². The highest BCUT2D eigenvalue weighted by atomic mass is 32.2. The summed E-state index contributed by atoms with van der Waals surface area (Å²) in [6.45, 7) is 0. The van der Waals surface area contributed by atoms with Crippen LogP contribution in [0, 0.1) is 5.82 Å². The molecule has 1 N–H and O–H groups in total. The maximum absolute atomic E-state index is 14.0. The molecule has 1 aliphatic heterocycles. The van der Waals surface area contributed by atoms with Gasteiger partial charge >= 0.3 is 5.69 Å². The molecule has 0 unspecified atom stereocenters. The lowest BCUT2D eigenvalue weighted by Gasteiger charge is -2.31. The quantitative estimate of drug-likeness (QED) is 0.608. The van der Waals surface area contributed by atoms with Gasteiger partial charge in [-0.3, -0.25) is 18.7 Å². The van der Waals surface area contributed by atoms with Crippen LogP contribution in [-0.4, -0.2) is 47.1 Å². The van der Waals surface area contributed by atoms with E-state index in [-0.39, 0.29) is 40.8 Å². The molecule has 0 aromatic carbocycles. The maximum atomic E-state index is 14.0. The standard InChI is InChI=1S/C23H27FN6O3S/c1-28-9-8-25-20(28)21(31)27-15-2-4-16(5-3-15)30-22(32)18-12-14(24)13-26-19(18)29(23(30)33)17-6-10-34-11-7-17/h8-9,12-13,15-17H,2-7,10-11H2,1H3,(H,27,31). The number of carbonyl (C=O) groups excluding carboxylic acids is 1. The number of halogens is 1. The highest BCUT2D eigenvalue weighted by molar-refractivity contribution is 7.99. The Morgan fingerprint density at radius 3 is 2.44 bits per heavy atom. The number of imidazole rings is 1. The van der Waals surface area contributed by atoms with Crippen molar-refractivity contribution >= 4 is 28.7 Å². The molecule has 1 saturated carbocycles. The Morgan fingerprint density at radius 2 is 1.76 bits per heavy atom. The smallest absolute Gasteiger partial charge is 0.333 e. The van der Waals surface area contributed by atoms with Gasteiger partial charge in [-0.15, -0.1) is 0 Å². The van der Waals surface area contributed by atoms with Crippen LogP contribution in [0.15, 0.2) is 34.2 Å². The summed E-state index contributed by atoms with van der Waals surface area (Å²) >= 11 is 1.84. The van der Waals surface area contributed by atoms with E-state index >= 15 is 0 Å². The average molecular weight is 487 g/mol. The van der Waals surface area contributed by atoms with Crippen LogP contribution in [0.2, 0.25) is 0 Å². The predicted molar refractivity (Wildman–Crippen MR) is 128 cm³/mol. The highest BCUT2D eigenvalue weighted by Crippen LogP contribution is 2.30. The Bertz CT molecular complexity index is 1330. The third-order valence-corrected chi connectivity index (χ3v) is 7.95. The van der Waals surface area contributed by atoms with Crippen LogP contribution in [0.1, 0.15) is 61.2 Å². The van der Waals surface area contributed by atoms with Crippen molar-refractivity contribution in [3.8, 4) is 0 Å². The summed E-state index contributed by atoms with van der Waals surface area (Å²) < 4.78 is 18.6. The van der Waals surface area contributed by atoms with Gasteiger partial charge in [-0.1, -0.05) is 0 Å². The van der Waals surface area contributed by atoms with Crippen LogP contribution < -0.4 is 16.6 Å². The average Bonchev–Trinajstić information content (AvgIpc) is 3.27. The zero-order valence-electron chi connectivity index (χ0n) is 18.9. The van der Waals surface area contributed by atoms with Crippen LogP contribution >= 0.6 is 11.8 Å². The molecule has 1 aliphatic carbocycles. The van der Waals surface area contributed by atoms with Crippen molar-refractivity contribution in [1.82, 2.24) is 29.0 Å². The summed E-state index contributed by atoms with van der Waals surface area (Å²) in [5.74, 6) is 1.37. The molecule has 3 aromatic heterocycles. The van der Waals surface area contributed by atoms with Gasteiger partial charge in [0.25, 0.3) is 11.5 Å². The van der Waals surface area contributed by atoms with Gasteiger partial charge in [0.15, 0.2) is 5.82 Å². The fourth-order valence-electron chi connectivity index (χ4n) is 5.11. The first-order valence-corrected chi connectivity index (χ1v) is 12.8. The largest absolute Gasteiger partial charge is 0.347 e. The summed E-state index contributed by atoms with van der Waals surface area (Å²) in [5.41, 5.74) is -0.594. The van der Waals surface area contributed by atoms with Crippen molar-refractivity contribution < 1.29 is 9.18 Å². The van der Waals surface area contributed by atoms with Crippen molar-refractivity contribution in [1.29, 1.82) is 0 Å². The van der Waals surface area contributed by atoms with E-state index in [0.717, 1.165) is 30.5 Å². The lowest BCUT2D eigenvalue weighted by molar-refractivity contribution is 0.0908. The number of carbonyl (C=O) groups is 1. The van der Waals surface area contributed by atoms with E-state index in [0.29, 0.717) is 31.5 Å². The van der Waals surface area contributed by atoms with Crippen LogP contribution in [0.25, 0.3) is 11.0 Å². The van der Waals surface area contributed by atoms with Gasteiger partial charge in [-0.05, 0) is 56.1 Å². The van der Waals surface area contributed by atoms with Crippen molar-refractivity contribution in [3.63, 3.8) is 0 Å². The Balaban J connectivity index is 1.44. The lowest BCUT2D eigenvalue weighted by atomic mass is 9.91. The molecule has 0 spiro atoms. The number of amides is 1. The molecule has 34 heavy (non-hydrogen) atoms. The minimum absolute atomic E-state index is 0.0607. The maximum Gasteiger partial charge on any atom is 0.333 e. The summed E-state index contributed by atoms with van der Waals surface area (Å²) in [5, 5.41) is 3.15. The zero-order valence-corrected chi connectivity index (χ0v) is 19.8. The molecule has 2 aliphatic rings. The molecule has 0 bridgehead atoms. The molecule has 9 nitrogen and oxygen atoms in total. The first kappa shape index (κ1) is 22.8. The zero-order chi connectivity index (χ0) is 23.8. The van der Waals surface area contributed by atoms with E-state index in [1.165, 1.54) is 10.6 Å². The molecule has 1 saturated heterocycles. The van der Waals surface area contributed by atoms with Gasteiger partial charge in [0.05, 0.1) is 11.6 Å². The van der Waals surface area contributed by atoms with Crippen LogP contribution in [-0.2, 0) is 7.05 Å². The van der Waals surface area contributed by atoms with Crippen molar-refractivity contribution in [2.45, 2.75) is 56.7 Å². The van der Waals surface area contributed by atoms with E-state index in [1.807, 2.05) is 11.8 Å². The van der Waals surface area contributed by atoms with Gasteiger partial charge in [-0.2, -0.15) is 11.8 Å². The second-order valence-electron chi connectivity index (χ2n) is 9.04. The van der Waals surface area contributed by atoms with Crippen molar-refractivity contribution in [2.75, 3.05) is 11.5 Å². The normalized spacial score (nSPS) is 21.6. The van der Waals surface area contributed by atoms with Gasteiger partial charge in [-0.25, -0.2) is 19.2 Å². The number of hydrogen-bond donors (Lipinski definition) is 1. The third kappa shape index (κ3) is 4.17. The molecule has 5 rings (SSSR count). The molecule has 2 fully saturated rings. The first-order valence-electron chi connectivity index (χ1n) is 11.6. The highest BCUT2D eigenvalue weighted by Gasteiger charge is 2.30. The predicted octanol–water partition coefficient (Wildman–Crippen LogP) is 2.41. The Kier molecular flexibility index (Phi) is 6.28. The second kappa shape index (κ2) is 9.36. The number of rotatable bonds is 4. The Morgan fingerprint density at radius 1 is 1.06 bits per heavy atom. The van der Waals surface area contributed by atoms with Gasteiger partial charge < -0.3 is 9.88 Å².